The largest absolute Gasteiger partial charge is 0.493 e. The number of hydrogen-bond donors (Lipinski definition) is 2. The van der Waals surface area contributed by atoms with Gasteiger partial charge < -0.3 is 9.84 Å². The van der Waals surface area contributed by atoms with Crippen LogP contribution in [0.25, 0.3) is 16.7 Å². The van der Waals surface area contributed by atoms with Crippen LogP contribution in [0.5, 0.6) is 5.75 Å². The Kier molecular flexibility index (Phi) is 7.12. The molecule has 0 fully saturated rings. The third kappa shape index (κ3) is 5.32. The number of benzene rings is 3. The van der Waals surface area contributed by atoms with Crippen LogP contribution in [0, 0.1) is 0 Å². The van der Waals surface area contributed by atoms with Gasteiger partial charge in [-0.3, -0.25) is 9.36 Å². The molecule has 1 heterocycles. The summed E-state index contributed by atoms with van der Waals surface area (Å²) >= 11 is 4.70. The lowest BCUT2D eigenvalue weighted by Gasteiger charge is -2.11. The van der Waals surface area contributed by atoms with E-state index < -0.39 is 5.97 Å². The van der Waals surface area contributed by atoms with Crippen LogP contribution in [0.1, 0.15) is 37.1 Å². The molecule has 0 saturated carbocycles. The summed E-state index contributed by atoms with van der Waals surface area (Å²) in [5.74, 6) is 0.930. The van der Waals surface area contributed by atoms with Gasteiger partial charge in [-0.1, -0.05) is 48.5 Å². The van der Waals surface area contributed by atoms with Gasteiger partial charge >= 0.3 is 5.97 Å². The normalized spacial score (nSPS) is 11.0. The third-order valence-electron chi connectivity index (χ3n) is 5.31. The molecule has 0 bridgehead atoms. The summed E-state index contributed by atoms with van der Waals surface area (Å²) in [5.41, 5.74) is 4.03. The van der Waals surface area contributed by atoms with Crippen LogP contribution in [0.4, 0.5) is 0 Å². The van der Waals surface area contributed by atoms with Crippen molar-refractivity contribution in [3.63, 3.8) is 0 Å². The first-order valence-electron chi connectivity index (χ1n) is 10.8. The number of para-hydroxylation sites is 1. The minimum atomic E-state index is -0.753. The Morgan fingerprint density at radius 2 is 1.69 bits per heavy atom. The molecule has 0 atom stereocenters. The summed E-state index contributed by atoms with van der Waals surface area (Å²) in [6.07, 6.45) is 3.21. The number of fused-ring (bicyclic) bond motifs is 1. The van der Waals surface area contributed by atoms with E-state index in [9.17, 15) is 4.79 Å². The number of thiol groups is 1. The zero-order valence-electron chi connectivity index (χ0n) is 17.8. The fourth-order valence-electron chi connectivity index (χ4n) is 3.77. The summed E-state index contributed by atoms with van der Waals surface area (Å²) in [4.78, 5) is 16.3. The second kappa shape index (κ2) is 10.4. The van der Waals surface area contributed by atoms with Gasteiger partial charge in [-0.15, -0.1) is 12.6 Å². The summed E-state index contributed by atoms with van der Waals surface area (Å²) in [7, 11) is 0. The van der Waals surface area contributed by atoms with Gasteiger partial charge in [0.05, 0.1) is 12.1 Å². The highest BCUT2D eigenvalue weighted by atomic mass is 32.1. The standard InChI is InChI=1S/C26H26N2O3S/c29-25(30)14-8-3-9-15-31-21-17-22-26(23(32)18-21)27-24(16-19-10-4-1-5-11-19)28(22)20-12-6-2-7-13-20/h1-2,4-7,10-13,17-18,32H,3,8-9,14-16H2,(H,29,30). The molecule has 0 aliphatic heterocycles. The van der Waals surface area contributed by atoms with E-state index in [1.807, 2.05) is 48.5 Å². The Labute approximate surface area is 193 Å². The quantitative estimate of drug-likeness (QED) is 0.234. The summed E-state index contributed by atoms with van der Waals surface area (Å²) in [6, 6.07) is 24.4. The second-order valence-electron chi connectivity index (χ2n) is 7.72. The van der Waals surface area contributed by atoms with Crippen LogP contribution < -0.4 is 4.74 Å². The molecule has 0 amide bonds. The van der Waals surface area contributed by atoms with E-state index in [2.05, 4.69) is 28.8 Å². The van der Waals surface area contributed by atoms with Crippen molar-refractivity contribution in [1.82, 2.24) is 9.55 Å². The van der Waals surface area contributed by atoms with Crippen molar-refractivity contribution in [3.05, 3.63) is 84.2 Å². The second-order valence-corrected chi connectivity index (χ2v) is 8.21. The zero-order chi connectivity index (χ0) is 22.3. The van der Waals surface area contributed by atoms with Crippen LogP contribution in [0.15, 0.2) is 77.7 Å². The molecule has 0 spiro atoms. The van der Waals surface area contributed by atoms with Crippen molar-refractivity contribution in [2.45, 2.75) is 37.0 Å². The third-order valence-corrected chi connectivity index (χ3v) is 5.65. The predicted octanol–water partition coefficient (Wildman–Crippen LogP) is 5.93. The Bertz CT molecular complexity index is 1190. The number of nitrogens with zero attached hydrogens (tertiary/aromatic N) is 2. The maximum atomic E-state index is 10.6. The number of imidazole rings is 1. The van der Waals surface area contributed by atoms with Gasteiger partial charge in [0.25, 0.3) is 0 Å². The summed E-state index contributed by atoms with van der Waals surface area (Å²) in [5, 5.41) is 8.75. The van der Waals surface area contributed by atoms with Gasteiger partial charge in [0.2, 0.25) is 0 Å². The molecule has 6 heteroatoms. The van der Waals surface area contributed by atoms with Crippen LogP contribution in [-0.4, -0.2) is 27.2 Å². The van der Waals surface area contributed by atoms with Crippen LogP contribution in [-0.2, 0) is 11.2 Å². The summed E-state index contributed by atoms with van der Waals surface area (Å²) in [6.45, 7) is 0.536. The lowest BCUT2D eigenvalue weighted by atomic mass is 10.1. The average molecular weight is 447 g/mol. The number of unbranched alkanes of at least 4 members (excludes halogenated alkanes) is 2. The lowest BCUT2D eigenvalue weighted by molar-refractivity contribution is -0.137. The van der Waals surface area contributed by atoms with Crippen molar-refractivity contribution in [2.75, 3.05) is 6.61 Å². The number of carboxylic acid groups (broad SMARTS) is 1. The van der Waals surface area contributed by atoms with Gasteiger partial charge in [0.15, 0.2) is 0 Å². The van der Waals surface area contributed by atoms with Crippen molar-refractivity contribution in [1.29, 1.82) is 0 Å². The lowest BCUT2D eigenvalue weighted by Crippen LogP contribution is -2.02. The molecule has 0 radical (unpaired) electrons. The van der Waals surface area contributed by atoms with Gasteiger partial charge in [0.1, 0.15) is 17.1 Å². The average Bonchev–Trinajstić information content (AvgIpc) is 3.15. The molecule has 32 heavy (non-hydrogen) atoms. The zero-order valence-corrected chi connectivity index (χ0v) is 18.7. The number of ether oxygens (including phenoxy) is 1. The van der Waals surface area contributed by atoms with Gasteiger partial charge in [-0.2, -0.15) is 0 Å². The Balaban J connectivity index is 1.63. The maximum absolute atomic E-state index is 10.6. The Morgan fingerprint density at radius 3 is 2.41 bits per heavy atom. The highest BCUT2D eigenvalue weighted by Gasteiger charge is 2.16. The van der Waals surface area contributed by atoms with E-state index >= 15 is 0 Å². The number of aromatic nitrogens is 2. The highest BCUT2D eigenvalue weighted by molar-refractivity contribution is 7.80. The molecule has 0 unspecified atom stereocenters. The van der Waals surface area contributed by atoms with Crippen molar-refractivity contribution >= 4 is 29.6 Å². The molecule has 1 N–H and O–H groups in total. The van der Waals surface area contributed by atoms with Crippen molar-refractivity contribution < 1.29 is 14.6 Å². The van der Waals surface area contributed by atoms with Crippen molar-refractivity contribution in [2.24, 2.45) is 0 Å². The molecule has 0 aliphatic rings. The fourth-order valence-corrected chi connectivity index (χ4v) is 4.06. The first-order chi connectivity index (χ1) is 15.6. The van der Waals surface area contributed by atoms with Gasteiger partial charge in [-0.25, -0.2) is 4.98 Å². The molecule has 4 rings (SSSR count). The number of aliphatic carboxylic acids is 1. The van der Waals surface area contributed by atoms with E-state index in [4.69, 9.17) is 27.5 Å². The molecular formula is C26H26N2O3S. The minimum absolute atomic E-state index is 0.202. The molecule has 164 valence electrons. The maximum Gasteiger partial charge on any atom is 0.303 e. The van der Waals surface area contributed by atoms with E-state index in [1.54, 1.807) is 0 Å². The first-order valence-corrected chi connectivity index (χ1v) is 11.2. The van der Waals surface area contributed by atoms with Crippen LogP contribution in [0.3, 0.4) is 0 Å². The highest BCUT2D eigenvalue weighted by Crippen LogP contribution is 2.31. The predicted molar refractivity (Wildman–Crippen MR) is 129 cm³/mol. The molecule has 3 aromatic carbocycles. The van der Waals surface area contributed by atoms with Crippen molar-refractivity contribution in [3.8, 4) is 11.4 Å². The van der Waals surface area contributed by atoms with Crippen LogP contribution in [0.2, 0.25) is 0 Å². The summed E-state index contributed by atoms with van der Waals surface area (Å²) < 4.78 is 8.15. The first kappa shape index (κ1) is 22.0. The van der Waals surface area contributed by atoms with Crippen LogP contribution >= 0.6 is 12.6 Å². The minimum Gasteiger partial charge on any atom is -0.493 e. The smallest absolute Gasteiger partial charge is 0.303 e. The molecule has 0 saturated heterocycles. The van der Waals surface area contributed by atoms with E-state index in [0.717, 1.165) is 46.0 Å². The molecule has 1 aromatic heterocycles. The van der Waals surface area contributed by atoms with Gasteiger partial charge in [-0.05, 0) is 43.0 Å². The number of carbonyl (C=O) groups is 1. The van der Waals surface area contributed by atoms with E-state index in [-0.39, 0.29) is 6.42 Å². The molecule has 4 aromatic rings. The monoisotopic (exact) mass is 446 g/mol. The van der Waals surface area contributed by atoms with Gasteiger partial charge in [0, 0.05) is 29.5 Å². The Morgan fingerprint density at radius 1 is 0.969 bits per heavy atom. The number of hydrogen-bond acceptors (Lipinski definition) is 4. The topological polar surface area (TPSA) is 64.3 Å². The molecule has 5 nitrogen and oxygen atoms in total. The fraction of sp³-hybridized carbons (Fsp3) is 0.231. The molecular weight excluding hydrogens is 420 g/mol. The number of carboxylic acids is 1. The molecule has 0 aliphatic carbocycles. The SMILES string of the molecule is O=C(O)CCCCCOc1cc(S)c2nc(Cc3ccccc3)n(-c3ccccc3)c2c1. The van der Waals surface area contributed by atoms with E-state index in [0.29, 0.717) is 19.4 Å². The van der Waals surface area contributed by atoms with E-state index in [1.165, 1.54) is 5.56 Å². The number of rotatable bonds is 10. The Hall–Kier alpha value is -3.25.